The fourth-order valence-corrected chi connectivity index (χ4v) is 3.78. The van der Waals surface area contributed by atoms with Crippen molar-refractivity contribution in [1.82, 2.24) is 16.0 Å². The van der Waals surface area contributed by atoms with Crippen LogP contribution in [0.1, 0.15) is 25.7 Å². The molecule has 0 aromatic heterocycles. The fourth-order valence-electron chi connectivity index (χ4n) is 2.68. The van der Waals surface area contributed by atoms with Crippen LogP contribution in [0.15, 0.2) is 4.99 Å². The lowest BCUT2D eigenvalue weighted by molar-refractivity contribution is -0.142. The molecule has 34 heavy (non-hydrogen) atoms. The highest BCUT2D eigenvalue weighted by Gasteiger charge is 2.29. The summed E-state index contributed by atoms with van der Waals surface area (Å²) in [4.78, 5) is 53.4. The monoisotopic (exact) mass is 539 g/mol. The van der Waals surface area contributed by atoms with Crippen LogP contribution in [0.5, 0.6) is 0 Å². The van der Waals surface area contributed by atoms with E-state index >= 15 is 0 Å². The highest BCUT2D eigenvalue weighted by atomic mass is 32.2. The number of aliphatic carboxylic acids is 1. The summed E-state index contributed by atoms with van der Waals surface area (Å²) >= 11 is 6.97. The van der Waals surface area contributed by atoms with E-state index in [2.05, 4.69) is 33.6 Å². The van der Waals surface area contributed by atoms with Gasteiger partial charge in [-0.3, -0.25) is 19.4 Å². The van der Waals surface area contributed by atoms with Gasteiger partial charge in [0, 0.05) is 12.3 Å². The minimum absolute atomic E-state index is 0.103. The summed E-state index contributed by atoms with van der Waals surface area (Å²) in [5.41, 5.74) is 16.2. The van der Waals surface area contributed by atoms with Gasteiger partial charge in [-0.15, -0.1) is 0 Å². The first-order valence-electron chi connectivity index (χ1n) is 10.6. The molecule has 196 valence electrons. The van der Waals surface area contributed by atoms with Gasteiger partial charge < -0.3 is 38.3 Å². The van der Waals surface area contributed by atoms with Crippen molar-refractivity contribution < 1.29 is 24.3 Å². The Hall–Kier alpha value is -1.84. The molecule has 0 saturated heterocycles. The number of carbonyl (C=O) groups is 4. The van der Waals surface area contributed by atoms with Crippen molar-refractivity contribution in [3.8, 4) is 0 Å². The Morgan fingerprint density at radius 1 is 0.882 bits per heavy atom. The van der Waals surface area contributed by atoms with Gasteiger partial charge >= 0.3 is 5.97 Å². The molecule has 0 heterocycles. The van der Waals surface area contributed by atoms with E-state index in [1.165, 1.54) is 23.5 Å². The number of nitrogens with two attached hydrogens (primary N) is 3. The minimum atomic E-state index is -1.21. The van der Waals surface area contributed by atoms with Gasteiger partial charge in [-0.05, 0) is 49.7 Å². The van der Waals surface area contributed by atoms with Gasteiger partial charge in [-0.25, -0.2) is 4.79 Å². The molecule has 3 amide bonds. The second-order valence-electron chi connectivity index (χ2n) is 7.32. The molecule has 0 saturated carbocycles. The van der Waals surface area contributed by atoms with Crippen LogP contribution in [-0.2, 0) is 19.2 Å². The number of rotatable bonds is 18. The molecule has 4 atom stereocenters. The van der Waals surface area contributed by atoms with E-state index in [9.17, 15) is 24.3 Å². The number of hydrogen-bond donors (Lipinski definition) is 8. The van der Waals surface area contributed by atoms with E-state index in [0.29, 0.717) is 24.3 Å². The smallest absolute Gasteiger partial charge is 0.326 e. The standard InChI is InChI=1S/C19H37N7O5S3/c1-33-8-5-12(24-15(27)11(20)10-32)16(28)25-13(6-9-34-2)17(29)26-14(18(30)31)4-3-7-23-19(21)22/h11-14,32H,3-10,20H2,1-2H3,(H,24,27)(H,25,28)(H,26,29)(H,30,31)(H4,21,22,23). The van der Waals surface area contributed by atoms with Crippen LogP contribution in [0.4, 0.5) is 0 Å². The minimum Gasteiger partial charge on any atom is -0.480 e. The van der Waals surface area contributed by atoms with Gasteiger partial charge in [-0.2, -0.15) is 36.2 Å². The highest BCUT2D eigenvalue weighted by Crippen LogP contribution is 2.07. The molecule has 0 aromatic rings. The Bertz CT molecular complexity index is 695. The quantitative estimate of drug-likeness (QED) is 0.0429. The van der Waals surface area contributed by atoms with Crippen LogP contribution < -0.4 is 33.2 Å². The largest absolute Gasteiger partial charge is 0.480 e. The number of thiol groups is 1. The molecular formula is C19H37N7O5S3. The maximum absolute atomic E-state index is 12.9. The zero-order valence-corrected chi connectivity index (χ0v) is 22.0. The van der Waals surface area contributed by atoms with E-state index in [1.807, 2.05) is 12.5 Å². The van der Waals surface area contributed by atoms with Gasteiger partial charge in [0.25, 0.3) is 0 Å². The second-order valence-corrected chi connectivity index (χ2v) is 9.66. The number of carbonyl (C=O) groups excluding carboxylic acids is 3. The zero-order chi connectivity index (χ0) is 26.1. The number of guanidine groups is 1. The predicted octanol–water partition coefficient (Wildman–Crippen LogP) is -1.66. The third-order valence-corrected chi connectivity index (χ3v) is 6.26. The summed E-state index contributed by atoms with van der Waals surface area (Å²) < 4.78 is 0. The van der Waals surface area contributed by atoms with Crippen LogP contribution >= 0.6 is 36.2 Å². The molecule has 0 radical (unpaired) electrons. The Kier molecular flexibility index (Phi) is 17.5. The van der Waals surface area contributed by atoms with Crippen molar-refractivity contribution >= 4 is 65.8 Å². The molecule has 0 aliphatic rings. The molecule has 0 bridgehead atoms. The molecule has 0 spiro atoms. The maximum Gasteiger partial charge on any atom is 0.326 e. The summed E-state index contributed by atoms with van der Waals surface area (Å²) in [7, 11) is 0. The van der Waals surface area contributed by atoms with Gasteiger partial charge in [0.05, 0.1) is 6.04 Å². The van der Waals surface area contributed by atoms with Crippen molar-refractivity contribution in [1.29, 1.82) is 0 Å². The molecule has 0 aliphatic heterocycles. The number of carboxylic acids is 1. The second kappa shape index (κ2) is 18.5. The average molecular weight is 540 g/mol. The lowest BCUT2D eigenvalue weighted by Gasteiger charge is -2.25. The first-order chi connectivity index (χ1) is 16.1. The lowest BCUT2D eigenvalue weighted by Crippen LogP contribution is -2.57. The van der Waals surface area contributed by atoms with E-state index in [4.69, 9.17) is 17.2 Å². The van der Waals surface area contributed by atoms with Crippen molar-refractivity contribution in [3.63, 3.8) is 0 Å². The van der Waals surface area contributed by atoms with E-state index in [0.717, 1.165) is 0 Å². The molecule has 0 aromatic carbocycles. The number of nitrogens with one attached hydrogen (secondary N) is 3. The summed E-state index contributed by atoms with van der Waals surface area (Å²) in [6.45, 7) is 0.222. The topological polar surface area (TPSA) is 215 Å². The molecular weight excluding hydrogens is 502 g/mol. The first kappa shape index (κ1) is 32.2. The van der Waals surface area contributed by atoms with E-state index in [-0.39, 0.29) is 31.1 Å². The van der Waals surface area contributed by atoms with Crippen LogP contribution in [0.25, 0.3) is 0 Å². The van der Waals surface area contributed by atoms with Gasteiger partial charge in [0.2, 0.25) is 17.7 Å². The first-order valence-corrected chi connectivity index (χ1v) is 14.0. The number of aliphatic imine (C=N–C) groups is 1. The number of thioether (sulfide) groups is 2. The highest BCUT2D eigenvalue weighted by molar-refractivity contribution is 7.98. The normalized spacial score (nSPS) is 14.2. The van der Waals surface area contributed by atoms with Gasteiger partial charge in [0.15, 0.2) is 5.96 Å². The molecule has 0 fully saturated rings. The van der Waals surface area contributed by atoms with E-state index < -0.39 is 47.9 Å². The van der Waals surface area contributed by atoms with Crippen LogP contribution in [0.3, 0.4) is 0 Å². The zero-order valence-electron chi connectivity index (χ0n) is 19.5. The van der Waals surface area contributed by atoms with Gasteiger partial charge in [0.1, 0.15) is 18.1 Å². The average Bonchev–Trinajstić information content (AvgIpc) is 2.79. The Morgan fingerprint density at radius 3 is 1.76 bits per heavy atom. The summed E-state index contributed by atoms with van der Waals surface area (Å²) in [6.07, 6.45) is 4.77. The number of carboxylic acid groups (broad SMARTS) is 1. The number of nitrogens with zero attached hydrogens (tertiary/aromatic N) is 1. The van der Waals surface area contributed by atoms with E-state index in [1.54, 1.807) is 0 Å². The van der Waals surface area contributed by atoms with Crippen molar-refractivity contribution in [2.24, 2.45) is 22.2 Å². The predicted molar refractivity (Wildman–Crippen MR) is 141 cm³/mol. The number of hydrogen-bond acceptors (Lipinski definition) is 9. The summed E-state index contributed by atoms with van der Waals surface area (Å²) in [6, 6.07) is -3.92. The van der Waals surface area contributed by atoms with Crippen LogP contribution in [0.2, 0.25) is 0 Å². The molecule has 10 N–H and O–H groups in total. The third-order valence-electron chi connectivity index (χ3n) is 4.58. The molecule has 15 heteroatoms. The molecule has 12 nitrogen and oxygen atoms in total. The van der Waals surface area contributed by atoms with Gasteiger partial charge in [-0.1, -0.05) is 0 Å². The van der Waals surface area contributed by atoms with Crippen LogP contribution in [0, 0.1) is 0 Å². The number of amides is 3. The Morgan fingerprint density at radius 2 is 1.35 bits per heavy atom. The Balaban J connectivity index is 5.33. The summed E-state index contributed by atoms with van der Waals surface area (Å²) in [5.74, 6) is -1.75. The fraction of sp³-hybridized carbons (Fsp3) is 0.737. The summed E-state index contributed by atoms with van der Waals surface area (Å²) in [5, 5.41) is 17.2. The molecule has 4 unspecified atom stereocenters. The van der Waals surface area contributed by atoms with Crippen molar-refractivity contribution in [2.45, 2.75) is 49.9 Å². The lowest BCUT2D eigenvalue weighted by atomic mass is 10.1. The van der Waals surface area contributed by atoms with Crippen molar-refractivity contribution in [2.75, 3.05) is 36.3 Å². The van der Waals surface area contributed by atoms with Crippen LogP contribution in [-0.4, -0.2) is 95.2 Å². The molecule has 0 aliphatic carbocycles. The molecule has 0 rings (SSSR count). The third kappa shape index (κ3) is 13.8. The Labute approximate surface area is 214 Å². The maximum atomic E-state index is 12.9. The van der Waals surface area contributed by atoms with Crippen molar-refractivity contribution in [3.05, 3.63) is 0 Å². The SMILES string of the molecule is CSCCC(NC(=O)C(N)CS)C(=O)NC(CCSC)C(=O)NC(CCCN=C(N)N)C(=O)O.